The molecule has 0 spiro atoms. The van der Waals surface area contributed by atoms with Crippen LogP contribution in [0.3, 0.4) is 0 Å². The lowest BCUT2D eigenvalue weighted by molar-refractivity contribution is 1.29. The molecule has 0 fully saturated rings. The molecule has 1 aromatic heterocycles. The van der Waals surface area contributed by atoms with Gasteiger partial charge in [0.1, 0.15) is 10.3 Å². The van der Waals surface area contributed by atoms with Gasteiger partial charge >= 0.3 is 0 Å². The number of hydrogen-bond donors (Lipinski definition) is 0. The van der Waals surface area contributed by atoms with E-state index in [1.165, 1.54) is 0 Å². The highest BCUT2D eigenvalue weighted by Crippen LogP contribution is 2.12. The second-order valence-corrected chi connectivity index (χ2v) is 2.56. The monoisotopic (exact) mass is 221 g/mol. The molecule has 0 aliphatic carbocycles. The Morgan fingerprint density at radius 1 is 0.923 bits per heavy atom. The second-order valence-electron chi connectivity index (χ2n) is 1.79. The molecule has 0 N–H and O–H groups in total. The van der Waals surface area contributed by atoms with Crippen LogP contribution in [0.1, 0.15) is 33.3 Å². The summed E-state index contributed by atoms with van der Waals surface area (Å²) in [4.78, 5) is 3.77. The average Bonchev–Trinajstić information content (AvgIpc) is 2.09. The Bertz CT molecular complexity index is 174. The summed E-state index contributed by atoms with van der Waals surface area (Å²) in [6.45, 7) is 9.92. The van der Waals surface area contributed by atoms with Crippen molar-refractivity contribution in [1.82, 2.24) is 4.98 Å². The van der Waals surface area contributed by atoms with Crippen LogP contribution < -0.4 is 0 Å². The van der Waals surface area contributed by atoms with Crippen molar-refractivity contribution in [2.75, 3.05) is 0 Å². The number of pyridine rings is 1. The van der Waals surface area contributed by atoms with E-state index in [1.54, 1.807) is 12.1 Å². The third-order valence-corrected chi connectivity index (χ3v) is 1.29. The lowest BCUT2D eigenvalue weighted by Crippen LogP contribution is -1.77. The van der Waals surface area contributed by atoms with Gasteiger partial charge < -0.3 is 0 Å². The summed E-state index contributed by atoms with van der Waals surface area (Å²) in [5.41, 5.74) is 1.03. The molecule has 0 saturated carbocycles. The Balaban J connectivity index is 0. The van der Waals surface area contributed by atoms with Crippen LogP contribution in [0.15, 0.2) is 12.1 Å². The molecule has 0 aromatic carbocycles. The topological polar surface area (TPSA) is 12.9 Å². The third-order valence-electron chi connectivity index (χ3n) is 0.907. The molecule has 13 heavy (non-hydrogen) atoms. The largest absolute Gasteiger partial charge is 0.224 e. The van der Waals surface area contributed by atoms with Gasteiger partial charge in [0.15, 0.2) is 0 Å². The molecule has 0 unspecified atom stereocenters. The van der Waals surface area contributed by atoms with E-state index in [0.717, 1.165) is 5.56 Å². The number of aryl methyl sites for hydroxylation is 1. The Hall–Kier alpha value is -0.270. The maximum absolute atomic E-state index is 5.55. The third kappa shape index (κ3) is 8.07. The summed E-state index contributed by atoms with van der Waals surface area (Å²) in [6.07, 6.45) is 0. The molecule has 0 bridgehead atoms. The summed E-state index contributed by atoms with van der Waals surface area (Å²) in [7, 11) is 0. The molecule has 1 rings (SSSR count). The molecular formula is C10H17Cl2N. The molecule has 1 aromatic rings. The van der Waals surface area contributed by atoms with Crippen LogP contribution in [-0.2, 0) is 0 Å². The lowest BCUT2D eigenvalue weighted by atomic mass is 10.3. The van der Waals surface area contributed by atoms with Gasteiger partial charge in [0.05, 0.1) is 0 Å². The molecule has 0 aliphatic rings. The Morgan fingerprint density at radius 3 is 1.46 bits per heavy atom. The quantitative estimate of drug-likeness (QED) is 0.577. The van der Waals surface area contributed by atoms with Gasteiger partial charge in [-0.05, 0) is 24.6 Å². The van der Waals surface area contributed by atoms with Crippen LogP contribution in [0, 0.1) is 6.92 Å². The van der Waals surface area contributed by atoms with Crippen molar-refractivity contribution in [3.8, 4) is 0 Å². The molecular weight excluding hydrogens is 205 g/mol. The van der Waals surface area contributed by atoms with Crippen LogP contribution in [-0.4, -0.2) is 4.98 Å². The van der Waals surface area contributed by atoms with E-state index in [0.29, 0.717) is 10.3 Å². The van der Waals surface area contributed by atoms with Crippen molar-refractivity contribution in [1.29, 1.82) is 0 Å². The number of aromatic nitrogens is 1. The zero-order chi connectivity index (χ0) is 10.9. The number of hydrogen-bond acceptors (Lipinski definition) is 1. The first-order valence-corrected chi connectivity index (χ1v) is 5.24. The SMILES string of the molecule is CC.CC.Cc1cc(Cl)nc(Cl)c1. The van der Waals surface area contributed by atoms with Gasteiger partial charge in [-0.25, -0.2) is 4.98 Å². The Labute approximate surface area is 91.1 Å². The normalized spacial score (nSPS) is 7.62. The first kappa shape index (κ1) is 15.2. The molecule has 0 aliphatic heterocycles. The highest BCUT2D eigenvalue weighted by molar-refractivity contribution is 6.32. The van der Waals surface area contributed by atoms with Gasteiger partial charge in [0, 0.05) is 0 Å². The Morgan fingerprint density at radius 2 is 1.23 bits per heavy atom. The minimum atomic E-state index is 0.444. The van der Waals surface area contributed by atoms with Gasteiger partial charge in [-0.1, -0.05) is 50.9 Å². The van der Waals surface area contributed by atoms with Gasteiger partial charge in [0.2, 0.25) is 0 Å². The summed E-state index contributed by atoms with van der Waals surface area (Å²) in [6, 6.07) is 3.51. The van der Waals surface area contributed by atoms with Crippen LogP contribution in [0.5, 0.6) is 0 Å². The van der Waals surface area contributed by atoms with E-state index in [9.17, 15) is 0 Å². The van der Waals surface area contributed by atoms with E-state index in [2.05, 4.69) is 4.98 Å². The van der Waals surface area contributed by atoms with E-state index in [4.69, 9.17) is 23.2 Å². The standard InChI is InChI=1S/C6H5Cl2N.2C2H6/c1-4-2-5(7)9-6(8)3-4;2*1-2/h2-3H,1H3;2*1-2H3. The summed E-state index contributed by atoms with van der Waals surface area (Å²) >= 11 is 11.1. The molecule has 3 heteroatoms. The van der Waals surface area contributed by atoms with Gasteiger partial charge in [-0.15, -0.1) is 0 Å². The minimum Gasteiger partial charge on any atom is -0.224 e. The smallest absolute Gasteiger partial charge is 0.131 e. The first-order chi connectivity index (χ1) is 6.18. The molecule has 0 amide bonds. The van der Waals surface area contributed by atoms with Crippen LogP contribution in [0.4, 0.5) is 0 Å². The van der Waals surface area contributed by atoms with Crippen LogP contribution in [0.2, 0.25) is 10.3 Å². The highest BCUT2D eigenvalue weighted by atomic mass is 35.5. The number of nitrogens with zero attached hydrogens (tertiary/aromatic N) is 1. The molecule has 0 radical (unpaired) electrons. The van der Waals surface area contributed by atoms with Gasteiger partial charge in [-0.3, -0.25) is 0 Å². The fraction of sp³-hybridized carbons (Fsp3) is 0.500. The molecule has 0 saturated heterocycles. The average molecular weight is 222 g/mol. The predicted octanol–water partition coefficient (Wildman–Crippen LogP) is 4.75. The predicted molar refractivity (Wildman–Crippen MR) is 61.7 cm³/mol. The summed E-state index contributed by atoms with van der Waals surface area (Å²) in [5.74, 6) is 0. The van der Waals surface area contributed by atoms with Crippen molar-refractivity contribution >= 4 is 23.2 Å². The van der Waals surface area contributed by atoms with E-state index in [-0.39, 0.29) is 0 Å². The van der Waals surface area contributed by atoms with Crippen molar-refractivity contribution in [2.24, 2.45) is 0 Å². The van der Waals surface area contributed by atoms with Crippen molar-refractivity contribution in [3.05, 3.63) is 28.0 Å². The molecule has 0 atom stereocenters. The zero-order valence-corrected chi connectivity index (χ0v) is 10.4. The van der Waals surface area contributed by atoms with E-state index < -0.39 is 0 Å². The molecule has 1 nitrogen and oxygen atoms in total. The molecule has 1 heterocycles. The second kappa shape index (κ2) is 9.82. The Kier molecular flexibility index (Phi) is 11.5. The highest BCUT2D eigenvalue weighted by Gasteiger charge is 1.92. The van der Waals surface area contributed by atoms with Crippen molar-refractivity contribution in [3.63, 3.8) is 0 Å². The number of rotatable bonds is 0. The summed E-state index contributed by atoms with van der Waals surface area (Å²) in [5, 5.41) is 0.889. The van der Waals surface area contributed by atoms with Crippen molar-refractivity contribution < 1.29 is 0 Å². The minimum absolute atomic E-state index is 0.444. The van der Waals surface area contributed by atoms with Crippen LogP contribution in [0.25, 0.3) is 0 Å². The van der Waals surface area contributed by atoms with E-state index in [1.807, 2.05) is 34.6 Å². The van der Waals surface area contributed by atoms with Gasteiger partial charge in [-0.2, -0.15) is 0 Å². The maximum Gasteiger partial charge on any atom is 0.131 e. The number of halogens is 2. The van der Waals surface area contributed by atoms with Crippen LogP contribution >= 0.6 is 23.2 Å². The van der Waals surface area contributed by atoms with E-state index >= 15 is 0 Å². The van der Waals surface area contributed by atoms with Gasteiger partial charge in [0.25, 0.3) is 0 Å². The van der Waals surface area contributed by atoms with Crippen molar-refractivity contribution in [2.45, 2.75) is 34.6 Å². The zero-order valence-electron chi connectivity index (χ0n) is 8.86. The first-order valence-electron chi connectivity index (χ1n) is 4.48. The lowest BCUT2D eigenvalue weighted by Gasteiger charge is -1.92. The fourth-order valence-corrected chi connectivity index (χ4v) is 1.15. The maximum atomic E-state index is 5.55. The fourth-order valence-electron chi connectivity index (χ4n) is 0.584. The molecule has 76 valence electrons. The summed E-state index contributed by atoms with van der Waals surface area (Å²) < 4.78 is 0.